The minimum absolute atomic E-state index is 0.102. The number of alkyl halides is 1. The number of anilines is 1. The second-order valence-corrected chi connectivity index (χ2v) is 8.58. The van der Waals surface area contributed by atoms with Crippen molar-refractivity contribution < 1.29 is 33.5 Å². The van der Waals surface area contributed by atoms with E-state index in [0.717, 1.165) is 12.5 Å². The summed E-state index contributed by atoms with van der Waals surface area (Å²) in [5, 5.41) is 21.0. The van der Waals surface area contributed by atoms with Crippen LogP contribution in [0.15, 0.2) is 54.6 Å². The van der Waals surface area contributed by atoms with E-state index < -0.39 is 42.2 Å². The molecule has 0 aliphatic carbocycles. The summed E-state index contributed by atoms with van der Waals surface area (Å²) in [5.74, 6) is -5.01. The van der Waals surface area contributed by atoms with Gasteiger partial charge >= 0.3 is 17.8 Å². The first-order valence-corrected chi connectivity index (χ1v) is 11.3. The Morgan fingerprint density at radius 1 is 1.11 bits per heavy atom. The van der Waals surface area contributed by atoms with E-state index in [4.69, 9.17) is 21.6 Å². The van der Waals surface area contributed by atoms with Crippen LogP contribution in [0.25, 0.3) is 0 Å². The Hall–Kier alpha value is -3.74. The van der Waals surface area contributed by atoms with Crippen LogP contribution in [-0.4, -0.2) is 58.9 Å². The molecule has 0 aliphatic heterocycles. The van der Waals surface area contributed by atoms with E-state index in [-0.39, 0.29) is 29.1 Å². The van der Waals surface area contributed by atoms with Gasteiger partial charge in [-0.25, -0.2) is 4.79 Å². The lowest BCUT2D eigenvalue weighted by molar-refractivity contribution is -0.847. The van der Waals surface area contributed by atoms with Crippen LogP contribution in [-0.2, 0) is 30.5 Å². The van der Waals surface area contributed by atoms with E-state index >= 15 is 0 Å². The topological polar surface area (TPSA) is 134 Å². The van der Waals surface area contributed by atoms with Crippen LogP contribution in [0.3, 0.4) is 0 Å². The molecular formula is C25H27ClN3O6+. The van der Waals surface area contributed by atoms with Crippen LogP contribution in [0, 0.1) is 17.2 Å². The number of hydrogen-bond acceptors (Lipinski definition) is 6. The van der Waals surface area contributed by atoms with Gasteiger partial charge in [0.25, 0.3) is 5.91 Å². The number of aliphatic carboxylic acids is 1. The number of halogens is 1. The molecule has 0 spiro atoms. The van der Waals surface area contributed by atoms with Crippen LogP contribution in [0.2, 0.25) is 0 Å². The molecule has 1 unspecified atom stereocenters. The van der Waals surface area contributed by atoms with Gasteiger partial charge in [-0.1, -0.05) is 30.3 Å². The van der Waals surface area contributed by atoms with E-state index in [1.807, 2.05) is 36.4 Å². The van der Waals surface area contributed by atoms with E-state index in [1.54, 1.807) is 7.05 Å². The second-order valence-electron chi connectivity index (χ2n) is 8.20. The molecule has 0 saturated heterocycles. The number of carboxylic acid groups (broad SMARTS) is 1. The van der Waals surface area contributed by atoms with E-state index in [9.17, 15) is 24.3 Å². The molecule has 0 fully saturated rings. The first kappa shape index (κ1) is 27.5. The lowest BCUT2D eigenvalue weighted by atomic mass is 9.94. The van der Waals surface area contributed by atoms with Crippen molar-refractivity contribution in [1.82, 2.24) is 0 Å². The third-order valence-electron chi connectivity index (χ3n) is 5.39. The molecule has 184 valence electrons. The summed E-state index contributed by atoms with van der Waals surface area (Å²) < 4.78 is 4.91. The maximum Gasteiger partial charge on any atom is 0.321 e. The summed E-state index contributed by atoms with van der Waals surface area (Å²) in [4.78, 5) is 50.5. The van der Waals surface area contributed by atoms with E-state index in [0.29, 0.717) is 5.56 Å². The Labute approximate surface area is 208 Å². The molecule has 10 heteroatoms. The molecule has 0 aromatic heterocycles. The van der Waals surface area contributed by atoms with Crippen molar-refractivity contribution in [3.05, 3.63) is 65.7 Å². The molecule has 2 N–H and O–H groups in total. The molecule has 2 aromatic carbocycles. The van der Waals surface area contributed by atoms with Crippen molar-refractivity contribution in [3.63, 3.8) is 0 Å². The molecule has 2 aromatic rings. The van der Waals surface area contributed by atoms with Gasteiger partial charge in [-0.3, -0.25) is 18.9 Å². The fourth-order valence-electron chi connectivity index (χ4n) is 3.69. The molecule has 2 amide bonds. The number of benzene rings is 2. The second kappa shape index (κ2) is 12.6. The Bertz CT molecular complexity index is 1100. The zero-order chi connectivity index (χ0) is 26.0. The zero-order valence-electron chi connectivity index (χ0n) is 19.4. The average Bonchev–Trinajstić information content (AvgIpc) is 2.81. The number of quaternary nitrogens is 1. The van der Waals surface area contributed by atoms with Gasteiger partial charge in [0.15, 0.2) is 6.10 Å². The minimum atomic E-state index is -1.70. The number of rotatable bonds is 11. The number of nitrogens with one attached hydrogen (secondary N) is 1. The summed E-state index contributed by atoms with van der Waals surface area (Å²) in [6, 6.07) is 17.0. The van der Waals surface area contributed by atoms with E-state index in [2.05, 4.69) is 5.32 Å². The van der Waals surface area contributed by atoms with Crippen LogP contribution in [0.1, 0.15) is 24.5 Å². The highest BCUT2D eigenvalue weighted by Crippen LogP contribution is 2.25. The van der Waals surface area contributed by atoms with Crippen molar-refractivity contribution in [1.29, 1.82) is 5.26 Å². The minimum Gasteiger partial charge on any atom is -0.481 e. The average molecular weight is 501 g/mol. The van der Waals surface area contributed by atoms with Crippen LogP contribution < -0.4 is 5.32 Å². The predicted molar refractivity (Wildman–Crippen MR) is 128 cm³/mol. The third-order valence-corrected chi connectivity index (χ3v) is 5.56. The van der Waals surface area contributed by atoms with Gasteiger partial charge in [0.2, 0.25) is 0 Å². The summed E-state index contributed by atoms with van der Waals surface area (Å²) in [5.41, 5.74) is 1.47. The molecule has 2 rings (SSSR count). The highest BCUT2D eigenvalue weighted by atomic mass is 35.5. The van der Waals surface area contributed by atoms with Gasteiger partial charge in [0.05, 0.1) is 37.5 Å². The fourth-order valence-corrected chi connectivity index (χ4v) is 4.06. The number of ether oxygens (including phenoxy) is 1. The predicted octanol–water partition coefficient (Wildman–Crippen LogP) is 2.93. The molecule has 0 bridgehead atoms. The monoisotopic (exact) mass is 500 g/mol. The quantitative estimate of drug-likeness (QED) is 0.275. The highest BCUT2D eigenvalue weighted by molar-refractivity contribution is 6.18. The lowest BCUT2D eigenvalue weighted by Gasteiger charge is -2.35. The van der Waals surface area contributed by atoms with E-state index in [1.165, 1.54) is 24.3 Å². The number of carboxylic acids is 1. The first-order chi connectivity index (χ1) is 16.6. The first-order valence-electron chi connectivity index (χ1n) is 10.8. The zero-order valence-corrected chi connectivity index (χ0v) is 20.2. The lowest BCUT2D eigenvalue weighted by Crippen LogP contribution is -2.57. The number of esters is 1. The van der Waals surface area contributed by atoms with Crippen molar-refractivity contribution in [3.8, 4) is 6.07 Å². The number of carbonyl (C=O) groups is 4. The Balaban J connectivity index is 2.43. The Morgan fingerprint density at radius 3 is 2.26 bits per heavy atom. The summed E-state index contributed by atoms with van der Waals surface area (Å²) in [6.07, 6.45) is -2.43. The SMILES string of the molecule is CC(=O)O[C@@H](C(=O)Nc1ccc(C#N)cc1)[C@@H](CC(=O)O)C(=O)[N+](C)(CCCl)Cc1ccccc1. The maximum absolute atomic E-state index is 13.8. The Kier molecular flexibility index (Phi) is 9.94. The third kappa shape index (κ3) is 7.91. The highest BCUT2D eigenvalue weighted by Gasteiger charge is 2.47. The summed E-state index contributed by atoms with van der Waals surface area (Å²) in [7, 11) is 1.61. The van der Waals surface area contributed by atoms with Crippen molar-refractivity contribution in [2.24, 2.45) is 5.92 Å². The molecule has 9 nitrogen and oxygen atoms in total. The number of nitrogens with zero attached hydrogens (tertiary/aromatic N) is 2. The van der Waals surface area contributed by atoms with Gasteiger partial charge in [-0.05, 0) is 24.3 Å². The smallest absolute Gasteiger partial charge is 0.321 e. The molecule has 0 heterocycles. The number of hydrogen-bond donors (Lipinski definition) is 2. The largest absolute Gasteiger partial charge is 0.481 e. The summed E-state index contributed by atoms with van der Waals surface area (Å²) in [6.45, 7) is 1.43. The number of nitriles is 1. The molecule has 0 saturated carbocycles. The summed E-state index contributed by atoms with van der Waals surface area (Å²) >= 11 is 5.99. The molecule has 0 aliphatic rings. The van der Waals surface area contributed by atoms with Gasteiger partial charge in [0, 0.05) is 18.2 Å². The fraction of sp³-hybridized carbons (Fsp3) is 0.320. The van der Waals surface area contributed by atoms with Gasteiger partial charge in [-0.2, -0.15) is 5.26 Å². The van der Waals surface area contributed by atoms with Crippen molar-refractivity contribution in [2.45, 2.75) is 26.0 Å². The van der Waals surface area contributed by atoms with Gasteiger partial charge in [-0.15, -0.1) is 11.6 Å². The molecule has 3 atom stereocenters. The number of amides is 2. The molecular weight excluding hydrogens is 474 g/mol. The van der Waals surface area contributed by atoms with Crippen LogP contribution in [0.4, 0.5) is 5.69 Å². The molecule has 35 heavy (non-hydrogen) atoms. The Morgan fingerprint density at radius 2 is 1.74 bits per heavy atom. The number of carbonyl (C=O) groups excluding carboxylic acids is 3. The normalized spacial score (nSPS) is 14.0. The maximum atomic E-state index is 13.8. The van der Waals surface area contributed by atoms with Crippen molar-refractivity contribution in [2.75, 3.05) is 24.8 Å². The standard InChI is InChI=1S/C25H26ClN3O6/c1-17(30)35-23(24(33)28-20-10-8-18(15-27)9-11-20)21(14-22(31)32)25(34)29(2,13-12-26)16-19-6-4-3-5-7-19/h3-11,21,23H,12-14,16H2,1-2H3,(H-,28,31,32,33)/p+1/t21-,23-,29?/m1/s1. The van der Waals surface area contributed by atoms with Crippen LogP contribution in [0.5, 0.6) is 0 Å². The van der Waals surface area contributed by atoms with Gasteiger partial charge < -0.3 is 15.2 Å². The van der Waals surface area contributed by atoms with Gasteiger partial charge in [0.1, 0.15) is 12.5 Å². The molecule has 0 radical (unpaired) electrons. The van der Waals surface area contributed by atoms with Crippen LogP contribution >= 0.6 is 11.6 Å². The van der Waals surface area contributed by atoms with Crippen molar-refractivity contribution >= 4 is 41.0 Å².